The number of hydrogen-bond acceptors (Lipinski definition) is 3. The first-order chi connectivity index (χ1) is 8.08. The average Bonchev–Trinajstić information content (AvgIpc) is 2.27. The molecule has 2 rings (SSSR count). The van der Waals surface area contributed by atoms with Gasteiger partial charge in [0.25, 0.3) is 0 Å². The fraction of sp³-hybridized carbons (Fsp3) is 0.214. The Morgan fingerprint density at radius 1 is 1.35 bits per heavy atom. The summed E-state index contributed by atoms with van der Waals surface area (Å²) in [6.45, 7) is 5.75. The predicted molar refractivity (Wildman–Crippen MR) is 67.3 cm³/mol. The summed E-state index contributed by atoms with van der Waals surface area (Å²) in [6, 6.07) is 6.43. The second-order valence-corrected chi connectivity index (χ2v) is 4.19. The summed E-state index contributed by atoms with van der Waals surface area (Å²) in [5.74, 6) is 0.160. The molecule has 17 heavy (non-hydrogen) atoms. The number of hydrogen-bond donors (Lipinski definition) is 1. The molecule has 0 saturated carbocycles. The molecule has 2 aromatic rings. The molecule has 88 valence electrons. The minimum Gasteiger partial charge on any atom is -0.508 e. The Kier molecular flexibility index (Phi) is 3.00. The number of fused-ring (bicyclic) bond motifs is 1. The van der Waals surface area contributed by atoms with Crippen molar-refractivity contribution in [3.63, 3.8) is 0 Å². The van der Waals surface area contributed by atoms with Gasteiger partial charge in [0.15, 0.2) is 0 Å². The van der Waals surface area contributed by atoms with Gasteiger partial charge in [-0.05, 0) is 38.0 Å². The largest absolute Gasteiger partial charge is 0.508 e. The van der Waals surface area contributed by atoms with Gasteiger partial charge in [-0.3, -0.25) is 0 Å². The highest BCUT2D eigenvalue weighted by atomic mass is 16.4. The van der Waals surface area contributed by atoms with Crippen molar-refractivity contribution in [2.24, 2.45) is 0 Å². The van der Waals surface area contributed by atoms with Gasteiger partial charge >= 0.3 is 5.63 Å². The lowest BCUT2D eigenvalue weighted by Crippen LogP contribution is -1.97. The Hall–Kier alpha value is -2.03. The lowest BCUT2D eigenvalue weighted by Gasteiger charge is -2.07. The molecular weight excluding hydrogens is 216 g/mol. The molecular formula is C14H14O3. The van der Waals surface area contributed by atoms with Crippen molar-refractivity contribution in [3.05, 3.63) is 52.4 Å². The van der Waals surface area contributed by atoms with Gasteiger partial charge in [-0.2, -0.15) is 0 Å². The van der Waals surface area contributed by atoms with Crippen molar-refractivity contribution in [2.45, 2.75) is 19.8 Å². The number of aromatic hydroxyl groups is 1. The van der Waals surface area contributed by atoms with Crippen LogP contribution in [0.4, 0.5) is 0 Å². The number of rotatable bonds is 3. The molecule has 1 aromatic heterocycles. The van der Waals surface area contributed by atoms with Gasteiger partial charge in [0.2, 0.25) is 0 Å². The van der Waals surface area contributed by atoms with E-state index in [2.05, 4.69) is 6.58 Å². The molecule has 3 heteroatoms. The topological polar surface area (TPSA) is 50.4 Å². The van der Waals surface area contributed by atoms with Crippen molar-refractivity contribution < 1.29 is 9.52 Å². The fourth-order valence-corrected chi connectivity index (χ4v) is 1.76. The molecule has 1 aromatic carbocycles. The van der Waals surface area contributed by atoms with Crippen molar-refractivity contribution in [1.82, 2.24) is 0 Å². The van der Waals surface area contributed by atoms with Gasteiger partial charge in [-0.1, -0.05) is 5.57 Å². The van der Waals surface area contributed by atoms with Crippen LogP contribution in [0, 0.1) is 0 Å². The molecule has 0 atom stereocenters. The Labute approximate surface area is 99.0 Å². The zero-order valence-corrected chi connectivity index (χ0v) is 9.69. The molecule has 0 bridgehead atoms. The van der Waals surface area contributed by atoms with Crippen LogP contribution < -0.4 is 5.63 Å². The Balaban J connectivity index is 2.57. The molecule has 0 amide bonds. The Morgan fingerprint density at radius 2 is 2.06 bits per heavy atom. The molecule has 0 spiro atoms. The van der Waals surface area contributed by atoms with Crippen molar-refractivity contribution in [3.8, 4) is 5.75 Å². The first-order valence-corrected chi connectivity index (χ1v) is 5.47. The third kappa shape index (κ3) is 2.38. The van der Waals surface area contributed by atoms with E-state index in [0.29, 0.717) is 17.6 Å². The van der Waals surface area contributed by atoms with Crippen LogP contribution in [-0.2, 0) is 6.42 Å². The summed E-state index contributed by atoms with van der Waals surface area (Å²) in [5, 5.41) is 10.6. The highest BCUT2D eigenvalue weighted by Crippen LogP contribution is 2.27. The number of phenolic OH excluding ortho intramolecular Hbond substituents is 1. The Bertz CT molecular complexity index is 623. The zero-order valence-electron chi connectivity index (χ0n) is 9.69. The summed E-state index contributed by atoms with van der Waals surface area (Å²) in [6.07, 6.45) is 1.37. The van der Waals surface area contributed by atoms with E-state index in [1.165, 1.54) is 6.07 Å². The SMILES string of the molecule is C=C(C)CCc1c(O)ccc2ccc(=O)oc12. The summed E-state index contributed by atoms with van der Waals surface area (Å²) < 4.78 is 5.16. The van der Waals surface area contributed by atoms with Gasteiger partial charge in [0, 0.05) is 17.0 Å². The average molecular weight is 230 g/mol. The molecule has 0 aliphatic heterocycles. The highest BCUT2D eigenvalue weighted by molar-refractivity contribution is 5.81. The van der Waals surface area contributed by atoms with E-state index in [4.69, 9.17) is 4.42 Å². The third-order valence-electron chi connectivity index (χ3n) is 2.67. The molecule has 0 saturated heterocycles. The van der Waals surface area contributed by atoms with Gasteiger partial charge in [0.05, 0.1) is 0 Å². The van der Waals surface area contributed by atoms with Crippen molar-refractivity contribution in [2.75, 3.05) is 0 Å². The summed E-state index contributed by atoms with van der Waals surface area (Å²) in [7, 11) is 0. The predicted octanol–water partition coefficient (Wildman–Crippen LogP) is 3.01. The summed E-state index contributed by atoms with van der Waals surface area (Å²) >= 11 is 0. The zero-order chi connectivity index (χ0) is 12.4. The standard InChI is InChI=1S/C14H14O3/c1-9(2)3-6-11-12(15)7-4-10-5-8-13(16)17-14(10)11/h4-5,7-8,15H,1,3,6H2,2H3. The lowest BCUT2D eigenvalue weighted by molar-refractivity contribution is 0.464. The maximum Gasteiger partial charge on any atom is 0.336 e. The van der Waals surface area contributed by atoms with E-state index in [9.17, 15) is 9.90 Å². The first-order valence-electron chi connectivity index (χ1n) is 5.47. The number of aryl methyl sites for hydroxylation is 1. The van der Waals surface area contributed by atoms with Crippen LogP contribution in [0.1, 0.15) is 18.9 Å². The highest BCUT2D eigenvalue weighted by Gasteiger charge is 2.09. The van der Waals surface area contributed by atoms with Crippen LogP contribution >= 0.6 is 0 Å². The van der Waals surface area contributed by atoms with E-state index in [0.717, 1.165) is 17.4 Å². The molecule has 0 fully saturated rings. The molecule has 0 unspecified atom stereocenters. The third-order valence-corrected chi connectivity index (χ3v) is 2.67. The van der Waals surface area contributed by atoms with Crippen LogP contribution in [0.3, 0.4) is 0 Å². The molecule has 1 N–H and O–H groups in total. The maximum atomic E-state index is 11.2. The second-order valence-electron chi connectivity index (χ2n) is 4.19. The van der Waals surface area contributed by atoms with Gasteiger partial charge < -0.3 is 9.52 Å². The molecule has 1 heterocycles. The number of allylic oxidation sites excluding steroid dienone is 1. The molecule has 3 nitrogen and oxygen atoms in total. The van der Waals surface area contributed by atoms with E-state index in [-0.39, 0.29) is 5.75 Å². The van der Waals surface area contributed by atoms with E-state index < -0.39 is 5.63 Å². The van der Waals surface area contributed by atoms with E-state index in [1.54, 1.807) is 18.2 Å². The monoisotopic (exact) mass is 230 g/mol. The minimum atomic E-state index is -0.403. The second kappa shape index (κ2) is 4.45. The van der Waals surface area contributed by atoms with Gasteiger partial charge in [-0.25, -0.2) is 4.79 Å². The van der Waals surface area contributed by atoms with Crippen LogP contribution in [0.25, 0.3) is 11.0 Å². The van der Waals surface area contributed by atoms with Crippen LogP contribution in [0.2, 0.25) is 0 Å². The summed E-state index contributed by atoms with van der Waals surface area (Å²) in [4.78, 5) is 11.2. The van der Waals surface area contributed by atoms with E-state index in [1.807, 2.05) is 6.92 Å². The normalized spacial score (nSPS) is 10.6. The first kappa shape index (κ1) is 11.5. The number of benzene rings is 1. The van der Waals surface area contributed by atoms with Crippen LogP contribution in [-0.4, -0.2) is 5.11 Å². The quantitative estimate of drug-likeness (QED) is 0.651. The fourth-order valence-electron chi connectivity index (χ4n) is 1.76. The molecule has 0 radical (unpaired) electrons. The van der Waals surface area contributed by atoms with Crippen molar-refractivity contribution in [1.29, 1.82) is 0 Å². The van der Waals surface area contributed by atoms with Gasteiger partial charge in [0.1, 0.15) is 11.3 Å². The van der Waals surface area contributed by atoms with Crippen molar-refractivity contribution >= 4 is 11.0 Å². The minimum absolute atomic E-state index is 0.160. The van der Waals surface area contributed by atoms with Crippen LogP contribution in [0.15, 0.2) is 45.6 Å². The smallest absolute Gasteiger partial charge is 0.336 e. The lowest BCUT2D eigenvalue weighted by atomic mass is 10.0. The maximum absolute atomic E-state index is 11.2. The van der Waals surface area contributed by atoms with E-state index >= 15 is 0 Å². The Morgan fingerprint density at radius 3 is 2.76 bits per heavy atom. The number of phenols is 1. The summed E-state index contributed by atoms with van der Waals surface area (Å²) in [5.41, 5.74) is 1.77. The molecule has 0 aliphatic carbocycles. The van der Waals surface area contributed by atoms with Gasteiger partial charge in [-0.15, -0.1) is 6.58 Å². The molecule has 0 aliphatic rings. The van der Waals surface area contributed by atoms with Crippen LogP contribution in [0.5, 0.6) is 5.75 Å².